The highest BCUT2D eigenvalue weighted by atomic mass is 16.3. The van der Waals surface area contributed by atoms with E-state index in [4.69, 9.17) is 4.42 Å². The SMILES string of the molecule is c1ccc(C2(c3ccccc3)c3ccccc3-c3ccc(N(c4ccc(-c5cccc6c5ccc5ccccc56)cc4)c4ccccc4-c4cccc5c4oc4cc6ccccc6cc45)cc32)cc1. The molecule has 0 atom stereocenters. The van der Waals surface area contributed by atoms with Crippen LogP contribution in [0.15, 0.2) is 265 Å². The third-order valence-electron chi connectivity index (χ3n) is 14.7. The number of furan rings is 1. The minimum atomic E-state index is -0.554. The summed E-state index contributed by atoms with van der Waals surface area (Å²) in [5.74, 6) is 0. The van der Waals surface area contributed by atoms with Crippen molar-refractivity contribution in [3.8, 4) is 33.4 Å². The fourth-order valence-electron chi connectivity index (χ4n) is 11.7. The average molecular weight is 878 g/mol. The molecule has 0 fully saturated rings. The number of para-hydroxylation sites is 2. The molecule has 13 aromatic rings. The van der Waals surface area contributed by atoms with Gasteiger partial charge in [-0.3, -0.25) is 0 Å². The summed E-state index contributed by atoms with van der Waals surface area (Å²) in [4.78, 5) is 2.45. The summed E-state index contributed by atoms with van der Waals surface area (Å²) in [5, 5.41) is 9.61. The van der Waals surface area contributed by atoms with Crippen LogP contribution in [-0.2, 0) is 5.41 Å². The van der Waals surface area contributed by atoms with Gasteiger partial charge in [0.15, 0.2) is 0 Å². The summed E-state index contributed by atoms with van der Waals surface area (Å²) >= 11 is 0. The molecule has 0 saturated carbocycles. The van der Waals surface area contributed by atoms with Crippen LogP contribution < -0.4 is 4.90 Å². The van der Waals surface area contributed by atoms with Crippen LogP contribution in [0.2, 0.25) is 0 Å². The van der Waals surface area contributed by atoms with E-state index in [2.05, 4.69) is 266 Å². The van der Waals surface area contributed by atoms with Crippen LogP contribution in [0.5, 0.6) is 0 Å². The van der Waals surface area contributed by atoms with Crippen LogP contribution in [0.25, 0.3) is 87.6 Å². The second-order valence-corrected chi connectivity index (χ2v) is 18.3. The Kier molecular flexibility index (Phi) is 8.84. The first-order valence-corrected chi connectivity index (χ1v) is 23.8. The molecule has 0 unspecified atom stereocenters. The lowest BCUT2D eigenvalue weighted by molar-refractivity contribution is 0.670. The van der Waals surface area contributed by atoms with Gasteiger partial charge >= 0.3 is 0 Å². The molecule has 0 amide bonds. The fraction of sp³-hybridized carbons (Fsp3) is 0.0149. The molecule has 0 bridgehead atoms. The number of rotatable bonds is 7. The van der Waals surface area contributed by atoms with Gasteiger partial charge in [-0.05, 0) is 119 Å². The molecule has 2 nitrogen and oxygen atoms in total. The number of fused-ring (bicyclic) bond motifs is 10. The molecule has 0 radical (unpaired) electrons. The van der Waals surface area contributed by atoms with Gasteiger partial charge in [0.2, 0.25) is 0 Å². The van der Waals surface area contributed by atoms with E-state index in [-0.39, 0.29) is 0 Å². The minimum Gasteiger partial charge on any atom is -0.455 e. The molecule has 1 heterocycles. The average Bonchev–Trinajstić information content (AvgIpc) is 3.94. The standard InChI is InChI=1S/C67H43NO/c1-3-20-48(21-4-1)67(49-22-5-2-6-23-49)62-31-13-11-25-56(62)57-40-38-51(43-63(57)67)68(50-36-33-45(34-37-50)53-27-15-28-54-52-24-10-9-17-44(52)35-39-55(53)54)64-32-14-12-26-58(64)59-29-16-30-60-61-41-46-18-7-8-19-47(46)42-65(61)69-66(59)60/h1-43H. The molecule has 322 valence electrons. The Morgan fingerprint density at radius 1 is 0.304 bits per heavy atom. The second kappa shape index (κ2) is 15.6. The number of hydrogen-bond donors (Lipinski definition) is 0. The minimum absolute atomic E-state index is 0.554. The topological polar surface area (TPSA) is 16.4 Å². The van der Waals surface area contributed by atoms with Crippen molar-refractivity contribution in [2.45, 2.75) is 5.41 Å². The third-order valence-corrected chi connectivity index (χ3v) is 14.7. The van der Waals surface area contributed by atoms with Crippen LogP contribution in [0, 0.1) is 0 Å². The van der Waals surface area contributed by atoms with E-state index in [0.717, 1.165) is 50.1 Å². The van der Waals surface area contributed by atoms with Crippen LogP contribution in [0.3, 0.4) is 0 Å². The van der Waals surface area contributed by atoms with Gasteiger partial charge in [-0.1, -0.05) is 218 Å². The van der Waals surface area contributed by atoms with Crippen molar-refractivity contribution < 1.29 is 4.42 Å². The van der Waals surface area contributed by atoms with Gasteiger partial charge < -0.3 is 9.32 Å². The first kappa shape index (κ1) is 39.2. The number of hydrogen-bond acceptors (Lipinski definition) is 2. The zero-order valence-electron chi connectivity index (χ0n) is 37.7. The fourth-order valence-corrected chi connectivity index (χ4v) is 11.7. The lowest BCUT2D eigenvalue weighted by atomic mass is 9.67. The number of anilines is 3. The Labute approximate surface area is 400 Å². The number of nitrogens with zero attached hydrogens (tertiary/aromatic N) is 1. The molecule has 14 rings (SSSR count). The van der Waals surface area contributed by atoms with Crippen LogP contribution in [-0.4, -0.2) is 0 Å². The molecule has 1 aliphatic rings. The highest BCUT2D eigenvalue weighted by Crippen LogP contribution is 2.57. The predicted molar refractivity (Wildman–Crippen MR) is 289 cm³/mol. The molecular weight excluding hydrogens is 835 g/mol. The molecule has 12 aromatic carbocycles. The van der Waals surface area contributed by atoms with Crippen LogP contribution in [0.1, 0.15) is 22.3 Å². The van der Waals surface area contributed by atoms with Gasteiger partial charge in [0.1, 0.15) is 11.2 Å². The zero-order chi connectivity index (χ0) is 45.5. The summed E-state index contributed by atoms with van der Waals surface area (Å²) in [6, 6.07) is 95.7. The van der Waals surface area contributed by atoms with Gasteiger partial charge in [0.05, 0.1) is 11.1 Å². The molecular formula is C67H43NO. The lowest BCUT2D eigenvalue weighted by Gasteiger charge is -2.35. The van der Waals surface area contributed by atoms with Crippen molar-refractivity contribution in [2.75, 3.05) is 4.90 Å². The smallest absolute Gasteiger partial charge is 0.143 e. The van der Waals surface area contributed by atoms with Gasteiger partial charge in [-0.25, -0.2) is 0 Å². The molecule has 0 saturated heterocycles. The summed E-state index contributed by atoms with van der Waals surface area (Å²) in [6.07, 6.45) is 0. The van der Waals surface area contributed by atoms with Crippen LogP contribution >= 0.6 is 0 Å². The van der Waals surface area contributed by atoms with Crippen molar-refractivity contribution in [3.05, 3.63) is 283 Å². The largest absolute Gasteiger partial charge is 0.455 e. The van der Waals surface area contributed by atoms with Gasteiger partial charge in [0, 0.05) is 33.3 Å². The maximum atomic E-state index is 6.92. The Morgan fingerprint density at radius 2 is 0.884 bits per heavy atom. The second-order valence-electron chi connectivity index (χ2n) is 18.3. The lowest BCUT2D eigenvalue weighted by Crippen LogP contribution is -2.28. The van der Waals surface area contributed by atoms with Gasteiger partial charge in [0.25, 0.3) is 0 Å². The van der Waals surface area contributed by atoms with E-state index in [1.165, 1.54) is 76.8 Å². The molecule has 1 aromatic heterocycles. The quantitative estimate of drug-likeness (QED) is 0.148. The summed E-state index contributed by atoms with van der Waals surface area (Å²) < 4.78 is 6.92. The number of benzene rings is 12. The first-order chi connectivity index (χ1) is 34.2. The van der Waals surface area contributed by atoms with Crippen molar-refractivity contribution >= 4 is 71.3 Å². The molecule has 2 heteroatoms. The molecule has 0 spiro atoms. The van der Waals surface area contributed by atoms with Crippen molar-refractivity contribution in [2.24, 2.45) is 0 Å². The van der Waals surface area contributed by atoms with E-state index in [1.807, 2.05) is 0 Å². The Bertz CT molecular complexity index is 4090. The summed E-state index contributed by atoms with van der Waals surface area (Å²) in [5.41, 5.74) is 16.4. The maximum absolute atomic E-state index is 6.92. The molecule has 69 heavy (non-hydrogen) atoms. The van der Waals surface area contributed by atoms with E-state index in [1.54, 1.807) is 0 Å². The molecule has 0 N–H and O–H groups in total. The summed E-state index contributed by atoms with van der Waals surface area (Å²) in [7, 11) is 0. The first-order valence-electron chi connectivity index (χ1n) is 23.8. The van der Waals surface area contributed by atoms with E-state index in [0.29, 0.717) is 0 Å². The van der Waals surface area contributed by atoms with E-state index < -0.39 is 5.41 Å². The Hall–Kier alpha value is -8.98. The monoisotopic (exact) mass is 877 g/mol. The summed E-state index contributed by atoms with van der Waals surface area (Å²) in [6.45, 7) is 0. The normalized spacial score (nSPS) is 12.8. The van der Waals surface area contributed by atoms with E-state index >= 15 is 0 Å². The Morgan fingerprint density at radius 3 is 1.67 bits per heavy atom. The van der Waals surface area contributed by atoms with Gasteiger partial charge in [-0.2, -0.15) is 0 Å². The molecule has 1 aliphatic carbocycles. The maximum Gasteiger partial charge on any atom is 0.143 e. The Balaban J connectivity index is 1.00. The zero-order valence-corrected chi connectivity index (χ0v) is 37.7. The van der Waals surface area contributed by atoms with Crippen molar-refractivity contribution in [1.82, 2.24) is 0 Å². The highest BCUT2D eigenvalue weighted by molar-refractivity contribution is 6.15. The van der Waals surface area contributed by atoms with E-state index in [9.17, 15) is 0 Å². The third kappa shape index (κ3) is 5.99. The molecule has 0 aliphatic heterocycles. The van der Waals surface area contributed by atoms with Crippen molar-refractivity contribution in [1.29, 1.82) is 0 Å². The predicted octanol–water partition coefficient (Wildman–Crippen LogP) is 18.2. The van der Waals surface area contributed by atoms with Gasteiger partial charge in [-0.15, -0.1) is 0 Å². The van der Waals surface area contributed by atoms with Crippen molar-refractivity contribution in [3.63, 3.8) is 0 Å². The highest BCUT2D eigenvalue weighted by Gasteiger charge is 2.46. The van der Waals surface area contributed by atoms with Crippen LogP contribution in [0.4, 0.5) is 17.1 Å².